The van der Waals surface area contributed by atoms with Gasteiger partial charge in [0.05, 0.1) is 9.50 Å². The summed E-state index contributed by atoms with van der Waals surface area (Å²) in [5.41, 5.74) is 0.881. The van der Waals surface area contributed by atoms with Crippen molar-refractivity contribution in [2.45, 2.75) is 25.7 Å². The van der Waals surface area contributed by atoms with Crippen LogP contribution in [0.5, 0.6) is 0 Å². The Kier molecular flexibility index (Phi) is 9.87. The molecule has 0 aliphatic rings. The molecule has 0 aliphatic carbocycles. The summed E-state index contributed by atoms with van der Waals surface area (Å²) in [6.45, 7) is 8.61. The van der Waals surface area contributed by atoms with Gasteiger partial charge in [-0.05, 0) is 65.5 Å². The molecular formula is C21H21BrClF2NO3S. The standard InChI is InChI=1S/C14H16ClNO3S.C7H5BrF2/c1-4-10(2)9-11(3)14(17)16-20(18,19)13-8-6-5-7-12(13)15;1-4-2-5(9)7(8)6(10)3-4/h4-10H,1H2,2-3H3,(H,16,17);2-3H,1H3/b11-9+;. The number of allylic oxidation sites excluding steroid dienone is 2. The number of aryl methyl sites for hydroxylation is 1. The largest absolute Gasteiger partial charge is 0.269 e. The lowest BCUT2D eigenvalue weighted by Gasteiger charge is -2.09. The van der Waals surface area contributed by atoms with Gasteiger partial charge in [-0.15, -0.1) is 6.58 Å². The minimum Gasteiger partial charge on any atom is -0.269 e. The van der Waals surface area contributed by atoms with Crippen LogP contribution in [0, 0.1) is 24.5 Å². The summed E-state index contributed by atoms with van der Waals surface area (Å²) in [4.78, 5) is 11.7. The molecule has 0 radical (unpaired) electrons. The first-order valence-electron chi connectivity index (χ1n) is 8.62. The average Bonchev–Trinajstić information content (AvgIpc) is 2.66. The average molecular weight is 521 g/mol. The fraction of sp³-hybridized carbons (Fsp3) is 0.190. The van der Waals surface area contributed by atoms with Crippen molar-refractivity contribution >= 4 is 43.5 Å². The van der Waals surface area contributed by atoms with Gasteiger partial charge in [0.15, 0.2) is 0 Å². The Balaban J connectivity index is 0.000000375. The topological polar surface area (TPSA) is 63.2 Å². The molecule has 1 atom stereocenters. The molecule has 2 aromatic carbocycles. The van der Waals surface area contributed by atoms with E-state index in [2.05, 4.69) is 22.5 Å². The second-order valence-electron chi connectivity index (χ2n) is 6.35. The fourth-order valence-corrected chi connectivity index (χ4v) is 3.91. The highest BCUT2D eigenvalue weighted by atomic mass is 79.9. The number of carbonyl (C=O) groups excluding carboxylic acids is 1. The fourth-order valence-electron chi connectivity index (χ4n) is 2.14. The normalized spacial score (nSPS) is 12.4. The van der Waals surface area contributed by atoms with Crippen LogP contribution in [0.2, 0.25) is 5.02 Å². The van der Waals surface area contributed by atoms with E-state index in [9.17, 15) is 22.0 Å². The third-order valence-electron chi connectivity index (χ3n) is 3.72. The van der Waals surface area contributed by atoms with E-state index in [0.717, 1.165) is 0 Å². The third-order valence-corrected chi connectivity index (χ3v) is 6.31. The molecule has 0 bridgehead atoms. The zero-order valence-electron chi connectivity index (χ0n) is 16.5. The summed E-state index contributed by atoms with van der Waals surface area (Å²) in [5, 5.41) is 0.0638. The molecule has 162 valence electrons. The smallest absolute Gasteiger partial charge is 0.265 e. The molecule has 2 aromatic rings. The number of hydrogen-bond donors (Lipinski definition) is 1. The van der Waals surface area contributed by atoms with Crippen LogP contribution in [0.1, 0.15) is 19.4 Å². The van der Waals surface area contributed by atoms with Crippen molar-refractivity contribution in [3.8, 4) is 0 Å². The number of halogens is 4. The Bertz CT molecular complexity index is 1050. The Hall–Kier alpha value is -2.03. The lowest BCUT2D eigenvalue weighted by Crippen LogP contribution is -2.31. The number of rotatable bonds is 5. The molecule has 1 amide bonds. The molecule has 0 fully saturated rings. The molecule has 4 nitrogen and oxygen atoms in total. The quantitative estimate of drug-likeness (QED) is 0.301. The summed E-state index contributed by atoms with van der Waals surface area (Å²) in [5.74, 6) is -1.82. The molecule has 2 rings (SSSR count). The molecule has 1 N–H and O–H groups in total. The first-order valence-corrected chi connectivity index (χ1v) is 11.3. The summed E-state index contributed by atoms with van der Waals surface area (Å²) < 4.78 is 51.1. The van der Waals surface area contributed by atoms with E-state index in [1.54, 1.807) is 25.1 Å². The first kappa shape index (κ1) is 26.0. The molecule has 9 heteroatoms. The van der Waals surface area contributed by atoms with E-state index >= 15 is 0 Å². The van der Waals surface area contributed by atoms with E-state index < -0.39 is 27.6 Å². The minimum atomic E-state index is -3.98. The molecule has 0 saturated carbocycles. The number of benzene rings is 2. The monoisotopic (exact) mass is 519 g/mol. The van der Waals surface area contributed by atoms with Gasteiger partial charge in [-0.2, -0.15) is 0 Å². The number of sulfonamides is 1. The van der Waals surface area contributed by atoms with Crippen molar-refractivity contribution in [3.63, 3.8) is 0 Å². The molecule has 0 spiro atoms. The van der Waals surface area contributed by atoms with Gasteiger partial charge in [-0.25, -0.2) is 21.9 Å². The lowest BCUT2D eigenvalue weighted by molar-refractivity contribution is -0.115. The van der Waals surface area contributed by atoms with E-state index in [0.29, 0.717) is 11.1 Å². The zero-order valence-corrected chi connectivity index (χ0v) is 19.7. The second-order valence-corrected chi connectivity index (χ2v) is 9.20. The first-order chi connectivity index (χ1) is 13.9. The molecule has 30 heavy (non-hydrogen) atoms. The van der Waals surface area contributed by atoms with Crippen molar-refractivity contribution in [2.75, 3.05) is 0 Å². The van der Waals surface area contributed by atoms with Crippen LogP contribution in [0.15, 0.2) is 70.1 Å². The van der Waals surface area contributed by atoms with Gasteiger partial charge in [0.25, 0.3) is 15.9 Å². The van der Waals surface area contributed by atoms with Crippen molar-refractivity contribution in [1.82, 2.24) is 4.72 Å². The van der Waals surface area contributed by atoms with E-state index in [1.807, 2.05) is 11.6 Å². The maximum Gasteiger partial charge on any atom is 0.265 e. The van der Waals surface area contributed by atoms with E-state index in [1.165, 1.54) is 37.3 Å². The summed E-state index contributed by atoms with van der Waals surface area (Å²) in [6, 6.07) is 8.47. The summed E-state index contributed by atoms with van der Waals surface area (Å²) in [7, 11) is -3.98. The van der Waals surface area contributed by atoms with Crippen molar-refractivity contribution in [1.29, 1.82) is 0 Å². The van der Waals surface area contributed by atoms with Gasteiger partial charge in [-0.1, -0.05) is 42.8 Å². The highest BCUT2D eigenvalue weighted by Crippen LogP contribution is 2.21. The van der Waals surface area contributed by atoms with E-state index in [-0.39, 0.29) is 20.3 Å². The van der Waals surface area contributed by atoms with Crippen molar-refractivity contribution < 1.29 is 22.0 Å². The van der Waals surface area contributed by atoms with E-state index in [4.69, 9.17) is 11.6 Å². The molecule has 0 heterocycles. The zero-order chi connectivity index (χ0) is 23.1. The van der Waals surface area contributed by atoms with Gasteiger partial charge in [-0.3, -0.25) is 4.79 Å². The molecule has 0 saturated heterocycles. The van der Waals surface area contributed by atoms with Gasteiger partial charge >= 0.3 is 0 Å². The number of hydrogen-bond acceptors (Lipinski definition) is 3. The SMILES string of the molecule is C=CC(C)/C=C(\C)C(=O)NS(=O)(=O)c1ccccc1Cl.Cc1cc(F)c(Br)c(F)c1. The third kappa shape index (κ3) is 7.66. The Labute approximate surface area is 188 Å². The number of amides is 1. The van der Waals surface area contributed by atoms with Gasteiger partial charge in [0, 0.05) is 5.57 Å². The molecule has 0 aromatic heterocycles. The van der Waals surface area contributed by atoms with Crippen LogP contribution in [0.3, 0.4) is 0 Å². The highest BCUT2D eigenvalue weighted by molar-refractivity contribution is 9.10. The Morgan fingerprint density at radius 1 is 1.23 bits per heavy atom. The minimum absolute atomic E-state index is 0.0243. The number of carbonyl (C=O) groups is 1. The second kappa shape index (κ2) is 11.4. The maximum atomic E-state index is 12.6. The predicted molar refractivity (Wildman–Crippen MR) is 119 cm³/mol. The molecule has 0 aliphatic heterocycles. The van der Waals surface area contributed by atoms with Crippen LogP contribution in [-0.4, -0.2) is 14.3 Å². The van der Waals surface area contributed by atoms with Gasteiger partial charge in [0.2, 0.25) is 0 Å². The van der Waals surface area contributed by atoms with Crippen molar-refractivity contribution in [2.24, 2.45) is 5.92 Å². The van der Waals surface area contributed by atoms with Crippen molar-refractivity contribution in [3.05, 3.63) is 87.4 Å². The van der Waals surface area contributed by atoms with Crippen LogP contribution >= 0.6 is 27.5 Å². The van der Waals surface area contributed by atoms with Gasteiger partial charge in [0.1, 0.15) is 16.5 Å². The van der Waals surface area contributed by atoms with Crippen LogP contribution < -0.4 is 4.72 Å². The summed E-state index contributed by atoms with van der Waals surface area (Å²) >= 11 is 8.58. The van der Waals surface area contributed by atoms with Crippen LogP contribution in [-0.2, 0) is 14.8 Å². The molecular weight excluding hydrogens is 500 g/mol. The molecule has 1 unspecified atom stereocenters. The maximum absolute atomic E-state index is 12.6. The number of nitrogens with one attached hydrogen (secondary N) is 1. The summed E-state index contributed by atoms with van der Waals surface area (Å²) in [6.07, 6.45) is 3.28. The van der Waals surface area contributed by atoms with Crippen LogP contribution in [0.4, 0.5) is 8.78 Å². The lowest BCUT2D eigenvalue weighted by atomic mass is 10.1. The van der Waals surface area contributed by atoms with Crippen LogP contribution in [0.25, 0.3) is 0 Å². The Morgan fingerprint density at radius 3 is 2.27 bits per heavy atom. The highest BCUT2D eigenvalue weighted by Gasteiger charge is 2.21. The predicted octanol–water partition coefficient (Wildman–Crippen LogP) is 5.95. The van der Waals surface area contributed by atoms with Gasteiger partial charge < -0.3 is 0 Å². The Morgan fingerprint density at radius 2 is 1.77 bits per heavy atom.